The highest BCUT2D eigenvalue weighted by Crippen LogP contribution is 2.38. The Hall–Kier alpha value is -3.59. The van der Waals surface area contributed by atoms with Crippen molar-refractivity contribution in [3.05, 3.63) is 122 Å². The highest BCUT2D eigenvalue weighted by atomic mass is 31.2. The Morgan fingerprint density at radius 2 is 0.867 bits per heavy atom. The van der Waals surface area contributed by atoms with Gasteiger partial charge in [-0.1, -0.05) is 226 Å². The Bertz CT molecular complexity index is 1700. The summed E-state index contributed by atoms with van der Waals surface area (Å²) in [6.07, 6.45) is 74.6. The van der Waals surface area contributed by atoms with E-state index in [1.807, 2.05) is 39.4 Å². The topological polar surface area (TPSA) is 114 Å². The average molecular weight is 1060 g/mol. The number of likely N-dealkylation sites (N-methyl/N-ethyl adjacent to an activating group) is 1. The van der Waals surface area contributed by atoms with E-state index in [0.29, 0.717) is 23.9 Å². The van der Waals surface area contributed by atoms with Crippen LogP contribution in [0.2, 0.25) is 0 Å². The molecule has 0 rings (SSSR count). The van der Waals surface area contributed by atoms with Crippen LogP contribution in [0.5, 0.6) is 0 Å². The van der Waals surface area contributed by atoms with E-state index in [0.717, 1.165) is 96.3 Å². The van der Waals surface area contributed by atoms with Gasteiger partial charge in [-0.25, -0.2) is 0 Å². The van der Waals surface area contributed by atoms with Gasteiger partial charge in [0, 0.05) is 12.8 Å². The van der Waals surface area contributed by atoms with Crippen molar-refractivity contribution in [3.8, 4) is 0 Å². The number of carbonyl (C=O) groups is 2. The summed E-state index contributed by atoms with van der Waals surface area (Å²) in [4.78, 5) is 39.9. The molecule has 428 valence electrons. The summed E-state index contributed by atoms with van der Waals surface area (Å²) in [5.41, 5.74) is 0. The molecular formula is C65H111N2O7P. The third kappa shape index (κ3) is 55.0. The fraction of sp³-hybridized carbons (Fsp3) is 0.662. The van der Waals surface area contributed by atoms with E-state index in [4.69, 9.17) is 13.8 Å². The number of hydrogen-bond donors (Lipinski definition) is 1. The van der Waals surface area contributed by atoms with E-state index in [9.17, 15) is 19.0 Å². The molecule has 0 radical (unpaired) electrons. The van der Waals surface area contributed by atoms with Crippen LogP contribution in [0.1, 0.15) is 226 Å². The van der Waals surface area contributed by atoms with Crippen molar-refractivity contribution in [1.82, 2.24) is 5.32 Å². The van der Waals surface area contributed by atoms with Gasteiger partial charge < -0.3 is 28.5 Å². The first-order valence-electron chi connectivity index (χ1n) is 29.8. The van der Waals surface area contributed by atoms with E-state index in [1.54, 1.807) is 6.08 Å². The normalized spacial score (nSPS) is 14.6. The number of nitrogens with zero attached hydrogens (tertiary/aromatic N) is 1. The summed E-state index contributed by atoms with van der Waals surface area (Å²) in [5.74, 6) is -0.673. The molecule has 3 atom stereocenters. The second kappa shape index (κ2) is 53.8. The second-order valence-corrected chi connectivity index (χ2v) is 22.2. The third-order valence-electron chi connectivity index (χ3n) is 12.4. The monoisotopic (exact) mass is 1060 g/mol. The third-order valence-corrected chi connectivity index (χ3v) is 13.4. The van der Waals surface area contributed by atoms with Gasteiger partial charge in [0.25, 0.3) is 7.82 Å². The molecule has 0 fully saturated rings. The number of ether oxygens (including phenoxy) is 1. The quantitative estimate of drug-likeness (QED) is 0.0212. The molecule has 0 saturated heterocycles. The summed E-state index contributed by atoms with van der Waals surface area (Å²) in [7, 11) is 1.11. The fourth-order valence-electron chi connectivity index (χ4n) is 7.78. The van der Waals surface area contributed by atoms with E-state index >= 15 is 0 Å². The largest absolute Gasteiger partial charge is 0.756 e. The number of unbranched alkanes of at least 4 members (excludes halogenated alkanes) is 18. The van der Waals surface area contributed by atoms with Crippen molar-refractivity contribution in [1.29, 1.82) is 0 Å². The molecule has 0 aromatic heterocycles. The Labute approximate surface area is 461 Å². The first-order valence-corrected chi connectivity index (χ1v) is 31.3. The summed E-state index contributed by atoms with van der Waals surface area (Å²) >= 11 is 0. The lowest BCUT2D eigenvalue weighted by Crippen LogP contribution is -2.47. The zero-order valence-electron chi connectivity index (χ0n) is 48.7. The Morgan fingerprint density at radius 3 is 1.33 bits per heavy atom. The number of hydrogen-bond acceptors (Lipinski definition) is 7. The lowest BCUT2D eigenvalue weighted by Gasteiger charge is -2.30. The zero-order chi connectivity index (χ0) is 55.0. The standard InChI is InChI=1S/C65H111N2O7P/c1-7-10-13-16-19-22-25-28-30-32-33-35-36-39-42-45-48-51-54-57-64(68)66-62(61-73-75(70,71)72-60-59-67(4,5)6)63(56-53-50-47-44-41-38-27-24-21-18-15-12-9-3)74-65(69)58-55-52-49-46-43-40-37-34-31-29-26-23-20-17-14-11-8-2/h10,13,19-20,22-23,28-31,33,35,37,39-40,42,48,51,53,56,62-63H,7-9,11-12,14-18,21,24-27,32,34,36,38,41,43-47,49-50,52,54-55,57-61H2,1-6H3,(H-,66,68,70,71)/b13-10-,22-19-,23-20-,30-28-,31-29-,35-33-,40-37-,42-39-,51-48-,56-53+. The SMILES string of the molecule is CC/C=C\C/C=C\C/C=C\C/C=C\C/C=C\C/C=C\CCC(=O)NC(COP(=O)([O-])OCC[N+](C)(C)C)C(/C=C/CCCCCCCCCCCCC)OC(=O)CCCCCC/C=C\C/C=C\C/C=C\CCCCC. The van der Waals surface area contributed by atoms with Gasteiger partial charge in [-0.15, -0.1) is 0 Å². The number of rotatable bonds is 52. The van der Waals surface area contributed by atoms with E-state index in [2.05, 4.69) is 123 Å². The molecule has 0 aliphatic heterocycles. The molecule has 0 spiro atoms. The van der Waals surface area contributed by atoms with Crippen molar-refractivity contribution in [2.45, 2.75) is 238 Å². The van der Waals surface area contributed by atoms with Crippen molar-refractivity contribution in [3.63, 3.8) is 0 Å². The maximum atomic E-state index is 13.5. The molecule has 9 nitrogen and oxygen atoms in total. The predicted octanol–water partition coefficient (Wildman–Crippen LogP) is 17.7. The van der Waals surface area contributed by atoms with Crippen LogP contribution in [0, 0.1) is 0 Å². The predicted molar refractivity (Wildman–Crippen MR) is 320 cm³/mol. The van der Waals surface area contributed by atoms with Crippen molar-refractivity contribution in [2.75, 3.05) is 40.9 Å². The molecule has 0 saturated carbocycles. The number of esters is 1. The molecule has 1 amide bonds. The highest BCUT2D eigenvalue weighted by Gasteiger charge is 2.27. The van der Waals surface area contributed by atoms with Crippen molar-refractivity contribution in [2.24, 2.45) is 0 Å². The van der Waals surface area contributed by atoms with Gasteiger partial charge in [0.2, 0.25) is 5.91 Å². The Balaban J connectivity index is 5.51. The van der Waals surface area contributed by atoms with Gasteiger partial charge in [0.1, 0.15) is 19.3 Å². The van der Waals surface area contributed by atoms with Crippen molar-refractivity contribution < 1.29 is 37.3 Å². The lowest BCUT2D eigenvalue weighted by atomic mass is 10.0. The fourth-order valence-corrected chi connectivity index (χ4v) is 8.51. The van der Waals surface area contributed by atoms with E-state index in [1.165, 1.54) is 83.5 Å². The van der Waals surface area contributed by atoms with Gasteiger partial charge >= 0.3 is 5.97 Å². The summed E-state index contributed by atoms with van der Waals surface area (Å²) in [5, 5.41) is 2.97. The lowest BCUT2D eigenvalue weighted by molar-refractivity contribution is -0.870. The first kappa shape index (κ1) is 71.4. The van der Waals surface area contributed by atoms with E-state index < -0.39 is 26.6 Å². The van der Waals surface area contributed by atoms with Crippen LogP contribution < -0.4 is 10.2 Å². The molecule has 0 aromatic carbocycles. The molecule has 10 heteroatoms. The molecule has 75 heavy (non-hydrogen) atoms. The molecular weight excluding hydrogens is 952 g/mol. The summed E-state index contributed by atoms with van der Waals surface area (Å²) < 4.78 is 30.2. The van der Waals surface area contributed by atoms with Crippen LogP contribution in [0.15, 0.2) is 122 Å². The number of phosphoric acid groups is 1. The maximum Gasteiger partial charge on any atom is 0.306 e. The van der Waals surface area contributed by atoms with Crippen molar-refractivity contribution >= 4 is 19.7 Å². The number of phosphoric ester groups is 1. The first-order chi connectivity index (χ1) is 36.4. The highest BCUT2D eigenvalue weighted by molar-refractivity contribution is 7.45. The van der Waals surface area contributed by atoms with Gasteiger partial charge in [-0.3, -0.25) is 14.2 Å². The van der Waals surface area contributed by atoms with Crippen LogP contribution >= 0.6 is 7.82 Å². The molecule has 0 bridgehead atoms. The van der Waals surface area contributed by atoms with Crippen LogP contribution in [0.25, 0.3) is 0 Å². The Kier molecular flexibility index (Phi) is 51.2. The van der Waals surface area contributed by atoms with Gasteiger partial charge in [0.15, 0.2) is 0 Å². The number of allylic oxidation sites excluding steroid dienone is 19. The Morgan fingerprint density at radius 1 is 0.480 bits per heavy atom. The zero-order valence-corrected chi connectivity index (χ0v) is 49.6. The number of nitrogens with one attached hydrogen (secondary N) is 1. The molecule has 3 unspecified atom stereocenters. The van der Waals surface area contributed by atoms with Crippen LogP contribution in [0.4, 0.5) is 0 Å². The minimum absolute atomic E-state index is 0.0461. The van der Waals surface area contributed by atoms with Gasteiger partial charge in [-0.05, 0) is 109 Å². The molecule has 0 heterocycles. The molecule has 1 N–H and O–H groups in total. The van der Waals surface area contributed by atoms with Crippen LogP contribution in [-0.4, -0.2) is 69.4 Å². The number of amides is 1. The average Bonchev–Trinajstić information content (AvgIpc) is 3.37. The minimum atomic E-state index is -4.73. The minimum Gasteiger partial charge on any atom is -0.756 e. The molecule has 0 aliphatic rings. The summed E-state index contributed by atoms with van der Waals surface area (Å²) in [6.45, 7) is 6.61. The number of quaternary nitrogens is 1. The second-order valence-electron chi connectivity index (χ2n) is 20.8. The number of carbonyl (C=O) groups excluding carboxylic acids is 2. The summed E-state index contributed by atoms with van der Waals surface area (Å²) in [6, 6.07) is -0.946. The molecule has 0 aliphatic carbocycles. The van der Waals surface area contributed by atoms with Crippen LogP contribution in [0.3, 0.4) is 0 Å². The van der Waals surface area contributed by atoms with E-state index in [-0.39, 0.29) is 31.3 Å². The van der Waals surface area contributed by atoms with Gasteiger partial charge in [0.05, 0.1) is 33.8 Å². The molecule has 0 aromatic rings. The van der Waals surface area contributed by atoms with Crippen LogP contribution in [-0.2, 0) is 27.9 Å². The maximum absolute atomic E-state index is 13.5. The smallest absolute Gasteiger partial charge is 0.306 e. The van der Waals surface area contributed by atoms with Gasteiger partial charge in [-0.2, -0.15) is 0 Å².